The van der Waals surface area contributed by atoms with E-state index < -0.39 is 30.1 Å². The van der Waals surface area contributed by atoms with Crippen LogP contribution in [0.25, 0.3) is 5.82 Å². The highest BCUT2D eigenvalue weighted by Gasteiger charge is 2.43. The monoisotopic (exact) mass is 386 g/mol. The second-order valence-electron chi connectivity index (χ2n) is 6.83. The number of rotatable bonds is 5. The maximum Gasteiger partial charge on any atom is 0.332 e. The summed E-state index contributed by atoms with van der Waals surface area (Å²) in [6.45, 7) is 0. The summed E-state index contributed by atoms with van der Waals surface area (Å²) in [6, 6.07) is 1.34. The maximum atomic E-state index is 14.5. The highest BCUT2D eigenvalue weighted by molar-refractivity contribution is 5.97. The van der Waals surface area contributed by atoms with Crippen molar-refractivity contribution in [3.63, 3.8) is 0 Å². The van der Waals surface area contributed by atoms with E-state index in [0.29, 0.717) is 11.5 Å². The van der Waals surface area contributed by atoms with Crippen molar-refractivity contribution in [2.45, 2.75) is 37.5 Å². The number of nitrogens with one attached hydrogen (secondary N) is 1. The molecule has 146 valence electrons. The molecule has 3 atom stereocenters. The van der Waals surface area contributed by atoms with Crippen LogP contribution in [0.4, 0.5) is 4.39 Å². The summed E-state index contributed by atoms with van der Waals surface area (Å²) in [5.74, 6) is -0.556. The summed E-state index contributed by atoms with van der Waals surface area (Å²) in [5, 5.41) is 10.5. The molecule has 1 aliphatic heterocycles. The van der Waals surface area contributed by atoms with E-state index in [4.69, 9.17) is 4.74 Å². The number of aliphatic imine (C=N–C) groups is 1. The Morgan fingerprint density at radius 2 is 2.11 bits per heavy atom. The molecule has 0 saturated heterocycles. The predicted octanol–water partition coefficient (Wildman–Crippen LogP) is 0.895. The molecule has 0 radical (unpaired) electrons. The molecule has 1 amide bonds. The first-order chi connectivity index (χ1) is 13.6. The number of nitrogens with zero attached hydrogens (tertiary/aromatic N) is 5. The van der Waals surface area contributed by atoms with Gasteiger partial charge in [0.1, 0.15) is 12.5 Å². The minimum atomic E-state index is -1.28. The van der Waals surface area contributed by atoms with Crippen LogP contribution in [0.1, 0.15) is 29.8 Å². The smallest absolute Gasteiger partial charge is 0.332 e. The number of halogens is 1. The summed E-state index contributed by atoms with van der Waals surface area (Å²) >= 11 is 0. The number of aromatic nitrogens is 4. The number of ether oxygens (including phenoxy) is 1. The van der Waals surface area contributed by atoms with Gasteiger partial charge in [0.05, 0.1) is 18.9 Å². The largest absolute Gasteiger partial charge is 0.467 e. The number of esters is 1. The Bertz CT molecular complexity index is 895. The Morgan fingerprint density at radius 1 is 1.29 bits per heavy atom. The van der Waals surface area contributed by atoms with Gasteiger partial charge in [0.2, 0.25) is 0 Å². The topological polar surface area (TPSA) is 111 Å². The Labute approximate surface area is 160 Å². The number of carbonyl (C=O) groups excluding carboxylic acids is 2. The van der Waals surface area contributed by atoms with Crippen LogP contribution in [-0.4, -0.2) is 62.7 Å². The molecule has 3 heterocycles. The van der Waals surface area contributed by atoms with E-state index in [1.807, 2.05) is 0 Å². The van der Waals surface area contributed by atoms with Crippen molar-refractivity contribution in [2.75, 3.05) is 7.11 Å². The van der Waals surface area contributed by atoms with Gasteiger partial charge in [-0.2, -0.15) is 0 Å². The van der Waals surface area contributed by atoms with Crippen molar-refractivity contribution < 1.29 is 18.7 Å². The number of hydrogen-bond donors (Lipinski definition) is 1. The van der Waals surface area contributed by atoms with Crippen molar-refractivity contribution in [2.24, 2.45) is 10.9 Å². The molecular formula is C18H19FN6O3. The average molecular weight is 386 g/mol. The molecule has 9 nitrogen and oxygen atoms in total. The van der Waals surface area contributed by atoms with Crippen LogP contribution < -0.4 is 5.32 Å². The van der Waals surface area contributed by atoms with Crippen LogP contribution in [0.5, 0.6) is 0 Å². The van der Waals surface area contributed by atoms with Crippen LogP contribution in [0.15, 0.2) is 35.8 Å². The Hall–Kier alpha value is -3.17. The number of amides is 1. The molecule has 0 spiro atoms. The van der Waals surface area contributed by atoms with Gasteiger partial charge in [0.25, 0.3) is 5.91 Å². The molecule has 4 rings (SSSR count). The van der Waals surface area contributed by atoms with Gasteiger partial charge in [-0.25, -0.2) is 14.2 Å². The lowest BCUT2D eigenvalue weighted by atomic mass is 9.93. The van der Waals surface area contributed by atoms with E-state index >= 15 is 0 Å². The third kappa shape index (κ3) is 3.62. The SMILES string of the molecule is COC(=O)C1N=C(C2CC2)C(F)CC1NC(=O)c1ccc(-n2ccnc2)nn1. The number of imidazole rings is 1. The zero-order valence-electron chi connectivity index (χ0n) is 15.2. The molecular weight excluding hydrogens is 367 g/mol. The van der Waals surface area contributed by atoms with Gasteiger partial charge in [-0.3, -0.25) is 14.4 Å². The summed E-state index contributed by atoms with van der Waals surface area (Å²) in [5.41, 5.74) is 0.463. The zero-order valence-corrected chi connectivity index (χ0v) is 15.2. The first kappa shape index (κ1) is 18.2. The van der Waals surface area contributed by atoms with E-state index in [1.54, 1.807) is 29.4 Å². The first-order valence-corrected chi connectivity index (χ1v) is 8.99. The molecule has 1 saturated carbocycles. The summed E-state index contributed by atoms with van der Waals surface area (Å²) < 4.78 is 21.0. The van der Waals surface area contributed by atoms with Gasteiger partial charge in [-0.05, 0) is 30.9 Å². The number of methoxy groups -OCH3 is 1. The molecule has 10 heteroatoms. The third-order valence-corrected chi connectivity index (χ3v) is 4.86. The lowest BCUT2D eigenvalue weighted by Gasteiger charge is -2.30. The maximum absolute atomic E-state index is 14.5. The fraction of sp³-hybridized carbons (Fsp3) is 0.444. The predicted molar refractivity (Wildman–Crippen MR) is 95.9 cm³/mol. The van der Waals surface area contributed by atoms with E-state index in [0.717, 1.165) is 12.8 Å². The van der Waals surface area contributed by atoms with Gasteiger partial charge in [0, 0.05) is 18.8 Å². The van der Waals surface area contributed by atoms with Crippen LogP contribution in [0.3, 0.4) is 0 Å². The van der Waals surface area contributed by atoms with E-state index in [9.17, 15) is 14.0 Å². The molecule has 1 aliphatic carbocycles. The lowest BCUT2D eigenvalue weighted by Crippen LogP contribution is -2.52. The van der Waals surface area contributed by atoms with E-state index in [-0.39, 0.29) is 18.0 Å². The summed E-state index contributed by atoms with van der Waals surface area (Å²) in [4.78, 5) is 32.9. The Kier molecular flexibility index (Phi) is 4.84. The zero-order chi connectivity index (χ0) is 19.7. The first-order valence-electron chi connectivity index (χ1n) is 8.99. The second-order valence-corrected chi connectivity index (χ2v) is 6.83. The van der Waals surface area contributed by atoms with Crippen molar-refractivity contribution in [1.29, 1.82) is 0 Å². The van der Waals surface area contributed by atoms with Crippen molar-refractivity contribution in [3.05, 3.63) is 36.5 Å². The van der Waals surface area contributed by atoms with Gasteiger partial charge in [-0.15, -0.1) is 10.2 Å². The van der Waals surface area contributed by atoms with Crippen LogP contribution in [0.2, 0.25) is 0 Å². The Morgan fingerprint density at radius 3 is 2.71 bits per heavy atom. The van der Waals surface area contributed by atoms with Crippen molar-refractivity contribution >= 4 is 17.6 Å². The third-order valence-electron chi connectivity index (χ3n) is 4.86. The molecule has 0 aromatic carbocycles. The highest BCUT2D eigenvalue weighted by Crippen LogP contribution is 2.36. The minimum Gasteiger partial charge on any atom is -0.467 e. The molecule has 0 bridgehead atoms. The van der Waals surface area contributed by atoms with Crippen LogP contribution >= 0.6 is 0 Å². The highest BCUT2D eigenvalue weighted by atomic mass is 19.1. The van der Waals surface area contributed by atoms with E-state index in [1.165, 1.54) is 13.2 Å². The molecule has 2 aliphatic rings. The molecule has 2 aromatic rings. The van der Waals surface area contributed by atoms with Crippen LogP contribution in [-0.2, 0) is 9.53 Å². The summed E-state index contributed by atoms with van der Waals surface area (Å²) in [6.07, 6.45) is 5.30. The number of carbonyl (C=O) groups is 2. The average Bonchev–Trinajstić information content (AvgIpc) is 3.40. The van der Waals surface area contributed by atoms with E-state index in [2.05, 4.69) is 25.5 Å². The lowest BCUT2D eigenvalue weighted by molar-refractivity contribution is -0.143. The molecule has 2 aromatic heterocycles. The fourth-order valence-electron chi connectivity index (χ4n) is 3.24. The minimum absolute atomic E-state index is 0.0264. The normalized spacial score (nSPS) is 24.4. The van der Waals surface area contributed by atoms with Gasteiger partial charge < -0.3 is 10.1 Å². The van der Waals surface area contributed by atoms with Gasteiger partial charge >= 0.3 is 5.97 Å². The Balaban J connectivity index is 1.50. The van der Waals surface area contributed by atoms with Gasteiger partial charge in [-0.1, -0.05) is 0 Å². The standard InChI is InChI=1S/C18H19FN6O3/c1-28-18(27)16-13(8-11(19)15(22-16)10-2-3-10)21-17(26)12-4-5-14(24-23-12)25-7-6-20-9-25/h4-7,9-11,13,16H,2-3,8H2,1H3,(H,21,26). The fourth-order valence-corrected chi connectivity index (χ4v) is 3.24. The van der Waals surface area contributed by atoms with Crippen molar-refractivity contribution in [3.8, 4) is 5.82 Å². The van der Waals surface area contributed by atoms with Crippen molar-refractivity contribution in [1.82, 2.24) is 25.1 Å². The van der Waals surface area contributed by atoms with Crippen LogP contribution in [0, 0.1) is 5.92 Å². The molecule has 1 N–H and O–H groups in total. The molecule has 3 unspecified atom stereocenters. The summed E-state index contributed by atoms with van der Waals surface area (Å²) in [7, 11) is 1.25. The number of alkyl halides is 1. The molecule has 28 heavy (non-hydrogen) atoms. The number of hydrogen-bond acceptors (Lipinski definition) is 7. The van der Waals surface area contributed by atoms with Gasteiger partial charge in [0.15, 0.2) is 17.6 Å². The quantitative estimate of drug-likeness (QED) is 0.764. The molecule has 1 fully saturated rings. The second kappa shape index (κ2) is 7.45.